The van der Waals surface area contributed by atoms with E-state index in [-0.39, 0.29) is 24.5 Å². The summed E-state index contributed by atoms with van der Waals surface area (Å²) in [7, 11) is 0. The minimum atomic E-state index is -0.945. The summed E-state index contributed by atoms with van der Waals surface area (Å²) < 4.78 is 5.72. The van der Waals surface area contributed by atoms with Crippen LogP contribution in [-0.4, -0.2) is 47.2 Å². The fourth-order valence-electron chi connectivity index (χ4n) is 3.11. The number of nitrogens with one attached hydrogen (secondary N) is 1. The number of β-amino-alcohol motifs (C(OH)–C–C–N with tert-alkyl or cyclic N) is 1. The molecule has 1 aliphatic rings. The van der Waals surface area contributed by atoms with E-state index in [2.05, 4.69) is 32.2 Å². The molecule has 2 rings (SSSR count). The predicted octanol–water partition coefficient (Wildman–Crippen LogP) is 3.00. The van der Waals surface area contributed by atoms with E-state index in [0.717, 1.165) is 10.5 Å². The number of aliphatic hydroxyl groups excluding tert-OH is 1. The topological polar surface area (TPSA) is 78.9 Å². The zero-order valence-corrected chi connectivity index (χ0v) is 17.2. The van der Waals surface area contributed by atoms with Crippen LogP contribution in [0.25, 0.3) is 0 Å². The summed E-state index contributed by atoms with van der Waals surface area (Å²) in [6.45, 7) is 12.4. The maximum Gasteiger partial charge on any atom is 0.324 e. The number of nitrogens with zero attached hydrogens (tertiary/aromatic N) is 1. The molecule has 2 unspecified atom stereocenters. The number of rotatable bonds is 7. The summed E-state index contributed by atoms with van der Waals surface area (Å²) in [5.41, 5.74) is 2.25. The molecule has 150 valence electrons. The Hall–Kier alpha value is -2.08. The van der Waals surface area contributed by atoms with E-state index in [0.29, 0.717) is 18.1 Å². The van der Waals surface area contributed by atoms with Gasteiger partial charge in [0.2, 0.25) is 0 Å². The van der Waals surface area contributed by atoms with Crippen LogP contribution in [0.4, 0.5) is 4.79 Å². The van der Waals surface area contributed by atoms with Crippen LogP contribution in [0.1, 0.15) is 52.2 Å². The SMILES string of the molecule is Cc1cc(C(C)(C)C)ccc1OCC(O)CN1C(=O)NC(CC(C)C)C1=O. The number of imide groups is 1. The second kappa shape index (κ2) is 8.30. The summed E-state index contributed by atoms with van der Waals surface area (Å²) in [4.78, 5) is 25.4. The Bertz CT molecular complexity index is 694. The van der Waals surface area contributed by atoms with Gasteiger partial charge in [-0.2, -0.15) is 0 Å². The lowest BCUT2D eigenvalue weighted by molar-refractivity contribution is -0.128. The number of carbonyl (C=O) groups excluding carboxylic acids is 2. The van der Waals surface area contributed by atoms with Crippen molar-refractivity contribution in [3.05, 3.63) is 29.3 Å². The first kappa shape index (κ1) is 21.2. The Balaban J connectivity index is 1.92. The van der Waals surface area contributed by atoms with Crippen molar-refractivity contribution in [1.29, 1.82) is 0 Å². The molecule has 0 radical (unpaired) electrons. The van der Waals surface area contributed by atoms with Crippen molar-refractivity contribution in [2.45, 2.75) is 65.5 Å². The number of ether oxygens (including phenoxy) is 1. The third-order valence-electron chi connectivity index (χ3n) is 4.68. The quantitative estimate of drug-likeness (QED) is 0.717. The molecule has 2 N–H and O–H groups in total. The van der Waals surface area contributed by atoms with E-state index in [1.54, 1.807) is 0 Å². The molecular weight excluding hydrogens is 344 g/mol. The molecule has 27 heavy (non-hydrogen) atoms. The number of aryl methyl sites for hydroxylation is 1. The van der Waals surface area contributed by atoms with Gasteiger partial charge in [-0.15, -0.1) is 0 Å². The smallest absolute Gasteiger partial charge is 0.324 e. The maximum absolute atomic E-state index is 12.3. The summed E-state index contributed by atoms with van der Waals surface area (Å²) in [5, 5.41) is 12.9. The molecule has 1 aromatic rings. The Kier molecular flexibility index (Phi) is 6.52. The predicted molar refractivity (Wildman–Crippen MR) is 105 cm³/mol. The van der Waals surface area contributed by atoms with Gasteiger partial charge in [0.15, 0.2) is 0 Å². The molecule has 1 heterocycles. The summed E-state index contributed by atoms with van der Waals surface area (Å²) in [6, 6.07) is 5.04. The minimum absolute atomic E-state index is 0.0155. The molecule has 0 aromatic heterocycles. The standard InChI is InChI=1S/C21H32N2O4/c1-13(2)9-17-19(25)23(20(26)22-17)11-16(24)12-27-18-8-7-15(10-14(18)3)21(4,5)6/h7-8,10,13,16-17,24H,9,11-12H2,1-6H3,(H,22,26). The van der Waals surface area contributed by atoms with Crippen molar-refractivity contribution >= 4 is 11.9 Å². The number of aliphatic hydroxyl groups is 1. The van der Waals surface area contributed by atoms with Gasteiger partial charge in [-0.1, -0.05) is 46.8 Å². The van der Waals surface area contributed by atoms with Gasteiger partial charge in [-0.05, 0) is 41.9 Å². The highest BCUT2D eigenvalue weighted by Gasteiger charge is 2.38. The second-order valence-corrected chi connectivity index (χ2v) is 8.78. The maximum atomic E-state index is 12.3. The number of benzene rings is 1. The lowest BCUT2D eigenvalue weighted by atomic mass is 9.86. The third kappa shape index (κ3) is 5.45. The molecule has 1 fully saturated rings. The number of amides is 3. The van der Waals surface area contributed by atoms with Gasteiger partial charge in [0.25, 0.3) is 5.91 Å². The van der Waals surface area contributed by atoms with Gasteiger partial charge in [0.05, 0.1) is 6.54 Å². The fraction of sp³-hybridized carbons (Fsp3) is 0.619. The van der Waals surface area contributed by atoms with Crippen molar-refractivity contribution in [2.75, 3.05) is 13.2 Å². The van der Waals surface area contributed by atoms with Crippen LogP contribution >= 0.6 is 0 Å². The second-order valence-electron chi connectivity index (χ2n) is 8.78. The molecule has 0 spiro atoms. The van der Waals surface area contributed by atoms with Gasteiger partial charge in [0.1, 0.15) is 24.5 Å². The molecule has 1 aromatic carbocycles. The van der Waals surface area contributed by atoms with Crippen LogP contribution in [0, 0.1) is 12.8 Å². The van der Waals surface area contributed by atoms with Gasteiger partial charge < -0.3 is 15.2 Å². The lowest BCUT2D eigenvalue weighted by Crippen LogP contribution is -2.40. The molecule has 2 atom stereocenters. The molecule has 1 saturated heterocycles. The lowest BCUT2D eigenvalue weighted by Gasteiger charge is -2.22. The Morgan fingerprint density at radius 1 is 1.26 bits per heavy atom. The molecule has 6 nitrogen and oxygen atoms in total. The van der Waals surface area contributed by atoms with Gasteiger partial charge in [0, 0.05) is 0 Å². The average molecular weight is 376 g/mol. The number of hydrogen-bond acceptors (Lipinski definition) is 4. The number of carbonyl (C=O) groups is 2. The first-order chi connectivity index (χ1) is 12.5. The van der Waals surface area contributed by atoms with E-state index in [9.17, 15) is 14.7 Å². The van der Waals surface area contributed by atoms with Gasteiger partial charge in [-0.25, -0.2) is 4.79 Å². The Morgan fingerprint density at radius 2 is 1.93 bits per heavy atom. The Morgan fingerprint density at radius 3 is 2.48 bits per heavy atom. The van der Waals surface area contributed by atoms with Crippen LogP contribution in [0.5, 0.6) is 5.75 Å². The van der Waals surface area contributed by atoms with E-state index in [1.807, 2.05) is 32.9 Å². The Labute approximate surface area is 161 Å². The number of urea groups is 1. The van der Waals surface area contributed by atoms with Crippen molar-refractivity contribution in [1.82, 2.24) is 10.2 Å². The number of hydrogen-bond donors (Lipinski definition) is 2. The largest absolute Gasteiger partial charge is 0.491 e. The van der Waals surface area contributed by atoms with Crippen LogP contribution in [-0.2, 0) is 10.2 Å². The zero-order chi connectivity index (χ0) is 20.4. The van der Waals surface area contributed by atoms with Crippen molar-refractivity contribution in [2.24, 2.45) is 5.92 Å². The highest BCUT2D eigenvalue weighted by atomic mass is 16.5. The summed E-state index contributed by atoms with van der Waals surface area (Å²) in [5.74, 6) is 0.710. The van der Waals surface area contributed by atoms with Crippen LogP contribution in [0.3, 0.4) is 0 Å². The van der Waals surface area contributed by atoms with E-state index >= 15 is 0 Å². The molecule has 0 saturated carbocycles. The summed E-state index contributed by atoms with van der Waals surface area (Å²) >= 11 is 0. The van der Waals surface area contributed by atoms with Crippen molar-refractivity contribution < 1.29 is 19.4 Å². The zero-order valence-electron chi connectivity index (χ0n) is 17.2. The van der Waals surface area contributed by atoms with Crippen molar-refractivity contribution in [3.63, 3.8) is 0 Å². The highest BCUT2D eigenvalue weighted by Crippen LogP contribution is 2.27. The van der Waals surface area contributed by atoms with Crippen LogP contribution < -0.4 is 10.1 Å². The summed E-state index contributed by atoms with van der Waals surface area (Å²) in [6.07, 6.45) is -0.355. The average Bonchev–Trinajstić information content (AvgIpc) is 2.79. The molecule has 1 aliphatic heterocycles. The van der Waals surface area contributed by atoms with Gasteiger partial charge >= 0.3 is 6.03 Å². The van der Waals surface area contributed by atoms with E-state index in [1.165, 1.54) is 5.56 Å². The molecule has 3 amide bonds. The third-order valence-corrected chi connectivity index (χ3v) is 4.68. The molecule has 0 bridgehead atoms. The molecule has 6 heteroatoms. The molecule has 0 aliphatic carbocycles. The van der Waals surface area contributed by atoms with Crippen LogP contribution in [0.2, 0.25) is 0 Å². The van der Waals surface area contributed by atoms with E-state index in [4.69, 9.17) is 4.74 Å². The van der Waals surface area contributed by atoms with Gasteiger partial charge in [-0.3, -0.25) is 9.69 Å². The molecular formula is C21H32N2O4. The minimum Gasteiger partial charge on any atom is -0.491 e. The monoisotopic (exact) mass is 376 g/mol. The first-order valence-electron chi connectivity index (χ1n) is 9.53. The van der Waals surface area contributed by atoms with Crippen molar-refractivity contribution in [3.8, 4) is 5.75 Å². The normalized spacial score (nSPS) is 18.8. The van der Waals surface area contributed by atoms with E-state index < -0.39 is 18.2 Å². The highest BCUT2D eigenvalue weighted by molar-refractivity contribution is 6.04. The first-order valence-corrected chi connectivity index (χ1v) is 9.53. The van der Waals surface area contributed by atoms with Crippen LogP contribution in [0.15, 0.2) is 18.2 Å². The fourth-order valence-corrected chi connectivity index (χ4v) is 3.11.